The molecule has 10 nitrogen and oxygen atoms in total. The summed E-state index contributed by atoms with van der Waals surface area (Å²) in [6.45, 7) is 1.60. The lowest BCUT2D eigenvalue weighted by molar-refractivity contribution is -0.384. The molecule has 0 saturated carbocycles. The van der Waals surface area contributed by atoms with Gasteiger partial charge in [0.15, 0.2) is 0 Å². The van der Waals surface area contributed by atoms with E-state index in [2.05, 4.69) is 16.0 Å². The zero-order chi connectivity index (χ0) is 17.4. The molecular weight excluding hydrogens is 308 g/mol. The van der Waals surface area contributed by atoms with Crippen LogP contribution >= 0.6 is 0 Å². The Labute approximate surface area is 131 Å². The average molecular weight is 324 g/mol. The Bertz CT molecular complexity index is 631. The van der Waals surface area contributed by atoms with Crippen molar-refractivity contribution in [3.8, 4) is 5.75 Å². The maximum absolute atomic E-state index is 11.7. The summed E-state index contributed by atoms with van der Waals surface area (Å²) in [6, 6.07) is 3.57. The van der Waals surface area contributed by atoms with Gasteiger partial charge in [-0.3, -0.25) is 24.5 Å². The molecule has 0 atom stereocenters. The smallest absolute Gasteiger partial charge is 0.313 e. The van der Waals surface area contributed by atoms with E-state index in [1.165, 1.54) is 26.2 Å². The van der Waals surface area contributed by atoms with Gasteiger partial charge < -0.3 is 20.7 Å². The monoisotopic (exact) mass is 324 g/mol. The topological polar surface area (TPSA) is 140 Å². The van der Waals surface area contributed by atoms with E-state index in [1.54, 1.807) is 0 Å². The average Bonchev–Trinajstić information content (AvgIpc) is 2.51. The molecule has 0 aliphatic heterocycles. The van der Waals surface area contributed by atoms with Gasteiger partial charge in [0.05, 0.1) is 23.8 Å². The highest BCUT2D eigenvalue weighted by Crippen LogP contribution is 2.28. The number of anilines is 1. The largest absolute Gasteiger partial charge is 0.494 e. The summed E-state index contributed by atoms with van der Waals surface area (Å²) in [6.07, 6.45) is 0. The third-order valence-electron chi connectivity index (χ3n) is 2.63. The van der Waals surface area contributed by atoms with Crippen LogP contribution in [-0.4, -0.2) is 42.8 Å². The van der Waals surface area contributed by atoms with Crippen molar-refractivity contribution in [3.05, 3.63) is 28.3 Å². The van der Waals surface area contributed by atoms with E-state index >= 15 is 0 Å². The molecule has 0 bridgehead atoms. The van der Waals surface area contributed by atoms with Crippen molar-refractivity contribution in [1.82, 2.24) is 10.6 Å². The Balaban J connectivity index is 2.64. The zero-order valence-electron chi connectivity index (χ0n) is 12.5. The van der Waals surface area contributed by atoms with E-state index < -0.39 is 16.7 Å². The van der Waals surface area contributed by atoms with Crippen molar-refractivity contribution in [3.63, 3.8) is 0 Å². The number of amides is 3. The number of nitro benzene ring substituents is 1. The molecule has 1 aromatic carbocycles. The molecule has 0 aromatic heterocycles. The summed E-state index contributed by atoms with van der Waals surface area (Å²) < 4.78 is 4.94. The van der Waals surface area contributed by atoms with Gasteiger partial charge in [-0.2, -0.15) is 0 Å². The van der Waals surface area contributed by atoms with Crippen molar-refractivity contribution in [2.24, 2.45) is 0 Å². The second kappa shape index (κ2) is 8.32. The summed E-state index contributed by atoms with van der Waals surface area (Å²) in [5.74, 6) is -2.06. The fourth-order valence-electron chi connectivity index (χ4n) is 1.57. The second-order valence-corrected chi connectivity index (χ2v) is 4.33. The van der Waals surface area contributed by atoms with Crippen molar-refractivity contribution in [2.45, 2.75) is 6.92 Å². The molecule has 1 rings (SSSR count). The van der Waals surface area contributed by atoms with E-state index in [9.17, 15) is 24.5 Å². The number of hydrogen-bond acceptors (Lipinski definition) is 6. The second-order valence-electron chi connectivity index (χ2n) is 4.33. The van der Waals surface area contributed by atoms with Crippen LogP contribution in [0.1, 0.15) is 6.92 Å². The van der Waals surface area contributed by atoms with Crippen molar-refractivity contribution < 1.29 is 24.0 Å². The first-order chi connectivity index (χ1) is 10.8. The van der Waals surface area contributed by atoms with Crippen LogP contribution in [0.25, 0.3) is 0 Å². The fourth-order valence-corrected chi connectivity index (χ4v) is 1.57. The standard InChI is InChI=1S/C13H16N4O6/c1-8(18)14-5-6-15-12(19)13(20)16-10-4-3-9(17(21)22)7-11(10)23-2/h3-4,7H,5-6H2,1-2H3,(H,14,18)(H,15,19)(H,16,20). The highest BCUT2D eigenvalue weighted by molar-refractivity contribution is 6.39. The molecule has 3 amide bonds. The number of nitrogens with one attached hydrogen (secondary N) is 3. The van der Waals surface area contributed by atoms with Gasteiger partial charge in [0.25, 0.3) is 5.69 Å². The van der Waals surface area contributed by atoms with E-state index in [0.29, 0.717) is 0 Å². The summed E-state index contributed by atoms with van der Waals surface area (Å²) in [7, 11) is 1.28. The summed E-state index contributed by atoms with van der Waals surface area (Å²) in [4.78, 5) is 44.0. The number of nitrogens with zero attached hydrogens (tertiary/aromatic N) is 1. The van der Waals surface area contributed by atoms with Crippen LogP contribution < -0.4 is 20.7 Å². The van der Waals surface area contributed by atoms with E-state index in [0.717, 1.165) is 6.07 Å². The minimum atomic E-state index is -0.958. The first-order valence-electron chi connectivity index (χ1n) is 6.51. The van der Waals surface area contributed by atoms with Gasteiger partial charge in [-0.25, -0.2) is 0 Å². The number of hydrogen-bond donors (Lipinski definition) is 3. The Hall–Kier alpha value is -3.17. The molecule has 0 fully saturated rings. The molecule has 1 aromatic rings. The number of carbonyl (C=O) groups is 3. The normalized spacial score (nSPS) is 9.65. The fraction of sp³-hybridized carbons (Fsp3) is 0.308. The van der Waals surface area contributed by atoms with E-state index in [1.807, 2.05) is 0 Å². The number of rotatable bonds is 6. The summed E-state index contributed by atoms with van der Waals surface area (Å²) in [5.41, 5.74) is -0.0836. The number of non-ortho nitro benzene ring substituents is 1. The van der Waals surface area contributed by atoms with Crippen molar-refractivity contribution in [1.29, 1.82) is 0 Å². The van der Waals surface area contributed by atoms with Gasteiger partial charge in [-0.1, -0.05) is 0 Å². The van der Waals surface area contributed by atoms with Crippen LogP contribution in [0, 0.1) is 10.1 Å². The highest BCUT2D eigenvalue weighted by Gasteiger charge is 2.17. The Morgan fingerprint density at radius 3 is 2.39 bits per heavy atom. The van der Waals surface area contributed by atoms with E-state index in [4.69, 9.17) is 4.74 Å². The number of nitro groups is 1. The molecule has 0 heterocycles. The van der Waals surface area contributed by atoms with Crippen LogP contribution in [0.2, 0.25) is 0 Å². The lowest BCUT2D eigenvalue weighted by atomic mass is 10.2. The minimum Gasteiger partial charge on any atom is -0.494 e. The molecule has 10 heteroatoms. The first kappa shape index (κ1) is 17.9. The number of benzene rings is 1. The minimum absolute atomic E-state index is 0.0543. The molecule has 0 spiro atoms. The molecule has 0 aliphatic rings. The van der Waals surface area contributed by atoms with Gasteiger partial charge in [0, 0.05) is 26.1 Å². The molecule has 0 aliphatic carbocycles. The van der Waals surface area contributed by atoms with Crippen molar-refractivity contribution in [2.75, 3.05) is 25.5 Å². The predicted molar refractivity (Wildman–Crippen MR) is 80.0 cm³/mol. The summed E-state index contributed by atoms with van der Waals surface area (Å²) in [5, 5.41) is 17.7. The molecule has 0 unspecified atom stereocenters. The zero-order valence-corrected chi connectivity index (χ0v) is 12.5. The predicted octanol–water partition coefficient (Wildman–Crippen LogP) is -0.206. The quantitative estimate of drug-likeness (QED) is 0.286. The first-order valence-corrected chi connectivity index (χ1v) is 6.51. The Morgan fingerprint density at radius 1 is 1.17 bits per heavy atom. The van der Waals surface area contributed by atoms with Crippen LogP contribution in [0.15, 0.2) is 18.2 Å². The Kier molecular flexibility index (Phi) is 6.46. The SMILES string of the molecule is COc1cc([N+](=O)[O-])ccc1NC(=O)C(=O)NCCNC(C)=O. The Morgan fingerprint density at radius 2 is 1.83 bits per heavy atom. The lowest BCUT2D eigenvalue weighted by Crippen LogP contribution is -2.39. The molecule has 3 N–H and O–H groups in total. The highest BCUT2D eigenvalue weighted by atomic mass is 16.6. The van der Waals surface area contributed by atoms with E-state index in [-0.39, 0.29) is 36.1 Å². The number of carbonyl (C=O) groups excluding carboxylic acids is 3. The van der Waals surface area contributed by atoms with Gasteiger partial charge in [-0.05, 0) is 6.07 Å². The molecule has 0 saturated heterocycles. The van der Waals surface area contributed by atoms with Gasteiger partial charge in [0.1, 0.15) is 5.75 Å². The van der Waals surface area contributed by atoms with Gasteiger partial charge in [0.2, 0.25) is 5.91 Å². The number of ether oxygens (including phenoxy) is 1. The van der Waals surface area contributed by atoms with Crippen LogP contribution in [0.3, 0.4) is 0 Å². The third kappa shape index (κ3) is 5.61. The molecule has 23 heavy (non-hydrogen) atoms. The number of methoxy groups -OCH3 is 1. The van der Waals surface area contributed by atoms with Crippen LogP contribution in [-0.2, 0) is 14.4 Å². The molecule has 0 radical (unpaired) electrons. The van der Waals surface area contributed by atoms with Crippen molar-refractivity contribution >= 4 is 29.1 Å². The van der Waals surface area contributed by atoms with Crippen LogP contribution in [0.4, 0.5) is 11.4 Å². The third-order valence-corrected chi connectivity index (χ3v) is 2.63. The van der Waals surface area contributed by atoms with Crippen LogP contribution in [0.5, 0.6) is 5.75 Å². The van der Waals surface area contributed by atoms with Gasteiger partial charge in [-0.15, -0.1) is 0 Å². The maximum Gasteiger partial charge on any atom is 0.313 e. The maximum atomic E-state index is 11.7. The van der Waals surface area contributed by atoms with Gasteiger partial charge >= 0.3 is 11.8 Å². The lowest BCUT2D eigenvalue weighted by Gasteiger charge is -2.10. The summed E-state index contributed by atoms with van der Waals surface area (Å²) >= 11 is 0. The molecule has 124 valence electrons. The molecular formula is C13H16N4O6.